The van der Waals surface area contributed by atoms with Gasteiger partial charge in [0.05, 0.1) is 15.2 Å². The monoisotopic (exact) mass is 296 g/mol. The molecule has 0 radical (unpaired) electrons. The van der Waals surface area contributed by atoms with Crippen LogP contribution in [0.4, 0.5) is 4.39 Å². The van der Waals surface area contributed by atoms with Crippen molar-refractivity contribution in [2.45, 2.75) is 38.5 Å². The smallest absolute Gasteiger partial charge is 0.243 e. The molecule has 0 saturated heterocycles. The van der Waals surface area contributed by atoms with Crippen LogP contribution in [0.25, 0.3) is 10.2 Å². The van der Waals surface area contributed by atoms with Crippen LogP contribution in [0.15, 0.2) is 18.2 Å². The third-order valence-corrected chi connectivity index (χ3v) is 4.16. The first-order valence-corrected chi connectivity index (χ1v) is 7.48. The molecule has 1 amide bonds. The second-order valence-corrected chi connectivity index (χ2v) is 5.78. The predicted octanol–water partition coefficient (Wildman–Crippen LogP) is 3.43. The number of nitrogens with zero attached hydrogens (tertiary/aromatic N) is 1. The van der Waals surface area contributed by atoms with Crippen LogP contribution < -0.4 is 5.48 Å². The third-order valence-electron chi connectivity index (χ3n) is 3.06. The number of rotatable bonds is 7. The van der Waals surface area contributed by atoms with Crippen LogP contribution in [0.3, 0.4) is 0 Å². The number of aryl methyl sites for hydroxylation is 1. The summed E-state index contributed by atoms with van der Waals surface area (Å²) in [7, 11) is 0. The van der Waals surface area contributed by atoms with Gasteiger partial charge in [-0.3, -0.25) is 10.0 Å². The van der Waals surface area contributed by atoms with Crippen LogP contribution in [-0.2, 0) is 11.2 Å². The lowest BCUT2D eigenvalue weighted by atomic mass is 10.1. The Morgan fingerprint density at radius 1 is 1.30 bits per heavy atom. The van der Waals surface area contributed by atoms with Gasteiger partial charge in [-0.1, -0.05) is 12.8 Å². The van der Waals surface area contributed by atoms with Crippen molar-refractivity contribution in [1.29, 1.82) is 0 Å². The Morgan fingerprint density at radius 3 is 2.90 bits per heavy atom. The van der Waals surface area contributed by atoms with Gasteiger partial charge < -0.3 is 0 Å². The minimum atomic E-state index is -0.335. The number of halogens is 1. The van der Waals surface area contributed by atoms with Gasteiger partial charge in [0.2, 0.25) is 5.91 Å². The molecule has 0 unspecified atom stereocenters. The highest BCUT2D eigenvalue weighted by molar-refractivity contribution is 7.18. The van der Waals surface area contributed by atoms with E-state index in [0.29, 0.717) is 6.42 Å². The summed E-state index contributed by atoms with van der Waals surface area (Å²) in [5.74, 6) is -0.588. The Balaban J connectivity index is 1.72. The van der Waals surface area contributed by atoms with Gasteiger partial charge >= 0.3 is 0 Å². The minimum absolute atomic E-state index is 0.253. The van der Waals surface area contributed by atoms with Crippen molar-refractivity contribution in [3.63, 3.8) is 0 Å². The van der Waals surface area contributed by atoms with Crippen LogP contribution in [-0.4, -0.2) is 16.1 Å². The number of thiazole rings is 1. The normalized spacial score (nSPS) is 10.9. The number of hydroxylamine groups is 1. The summed E-state index contributed by atoms with van der Waals surface area (Å²) in [5, 5.41) is 9.37. The number of aromatic nitrogens is 1. The molecule has 2 rings (SSSR count). The van der Waals surface area contributed by atoms with E-state index in [4.69, 9.17) is 5.21 Å². The lowest BCUT2D eigenvalue weighted by molar-refractivity contribution is -0.129. The number of fused-ring (bicyclic) bond motifs is 1. The number of carbonyl (C=O) groups is 1. The number of unbranched alkanes of at least 4 members (excludes halogenated alkanes) is 3. The molecule has 108 valence electrons. The van der Waals surface area contributed by atoms with Gasteiger partial charge in [-0.05, 0) is 31.4 Å². The van der Waals surface area contributed by atoms with E-state index in [1.54, 1.807) is 22.9 Å². The van der Waals surface area contributed by atoms with Crippen LogP contribution in [0.1, 0.15) is 37.1 Å². The largest absolute Gasteiger partial charge is 0.289 e. The maximum atomic E-state index is 13.0. The van der Waals surface area contributed by atoms with E-state index in [2.05, 4.69) is 4.98 Å². The van der Waals surface area contributed by atoms with Gasteiger partial charge in [-0.15, -0.1) is 11.3 Å². The van der Waals surface area contributed by atoms with E-state index >= 15 is 0 Å². The van der Waals surface area contributed by atoms with Gasteiger partial charge in [0.15, 0.2) is 0 Å². The van der Waals surface area contributed by atoms with E-state index in [-0.39, 0.29) is 11.7 Å². The number of amides is 1. The molecule has 0 spiro atoms. The SMILES string of the molecule is O=C(CCCCCCc1nc2cc(F)ccc2s1)NO. The Bertz CT molecular complexity index is 586. The fraction of sp³-hybridized carbons (Fsp3) is 0.429. The van der Waals surface area contributed by atoms with Crippen LogP contribution in [0.5, 0.6) is 0 Å². The van der Waals surface area contributed by atoms with Gasteiger partial charge in [0, 0.05) is 12.5 Å². The molecule has 1 heterocycles. The highest BCUT2D eigenvalue weighted by Crippen LogP contribution is 2.24. The van der Waals surface area contributed by atoms with Crippen molar-refractivity contribution in [3.8, 4) is 0 Å². The van der Waals surface area contributed by atoms with E-state index in [9.17, 15) is 9.18 Å². The number of nitrogens with one attached hydrogen (secondary N) is 1. The standard InChI is InChI=1S/C14H17FN2O2S/c15-10-7-8-12-11(9-10)16-14(20-12)6-4-2-1-3-5-13(18)17-19/h7-9,19H,1-6H2,(H,17,18). The molecule has 1 aromatic carbocycles. The third kappa shape index (κ3) is 4.25. The average Bonchev–Trinajstić information content (AvgIpc) is 2.84. The highest BCUT2D eigenvalue weighted by atomic mass is 32.1. The quantitative estimate of drug-likeness (QED) is 0.467. The molecule has 0 aliphatic carbocycles. The molecule has 0 aliphatic rings. The molecule has 6 heteroatoms. The molecule has 0 bridgehead atoms. The van der Waals surface area contributed by atoms with Gasteiger partial charge in [0.1, 0.15) is 5.82 Å². The summed E-state index contributed by atoms with van der Waals surface area (Å²) >= 11 is 1.60. The molecular weight excluding hydrogens is 279 g/mol. The second-order valence-electron chi connectivity index (χ2n) is 4.67. The Hall–Kier alpha value is -1.53. The lowest BCUT2D eigenvalue weighted by Crippen LogP contribution is -2.17. The number of hydrogen-bond donors (Lipinski definition) is 2. The lowest BCUT2D eigenvalue weighted by Gasteiger charge is -1.99. The maximum Gasteiger partial charge on any atom is 0.243 e. The van der Waals surface area contributed by atoms with E-state index in [0.717, 1.165) is 47.3 Å². The number of carbonyl (C=O) groups excluding carboxylic acids is 1. The topological polar surface area (TPSA) is 62.2 Å². The Kier molecular flexibility index (Phi) is 5.43. The summed E-state index contributed by atoms with van der Waals surface area (Å²) in [6.07, 6.45) is 4.99. The molecule has 2 aromatic rings. The second kappa shape index (κ2) is 7.31. The molecule has 20 heavy (non-hydrogen) atoms. The molecule has 0 fully saturated rings. The highest BCUT2D eigenvalue weighted by Gasteiger charge is 2.05. The molecule has 4 nitrogen and oxygen atoms in total. The van der Waals surface area contributed by atoms with Crippen molar-refractivity contribution < 1.29 is 14.4 Å². The molecular formula is C14H17FN2O2S. The molecule has 1 aromatic heterocycles. The Morgan fingerprint density at radius 2 is 2.10 bits per heavy atom. The average molecular weight is 296 g/mol. The first-order valence-electron chi connectivity index (χ1n) is 6.67. The molecule has 2 N–H and O–H groups in total. The van der Waals surface area contributed by atoms with Crippen LogP contribution >= 0.6 is 11.3 Å². The van der Waals surface area contributed by atoms with Crippen LogP contribution in [0.2, 0.25) is 0 Å². The van der Waals surface area contributed by atoms with E-state index in [1.165, 1.54) is 12.1 Å². The maximum absolute atomic E-state index is 13.0. The zero-order valence-corrected chi connectivity index (χ0v) is 11.9. The summed E-state index contributed by atoms with van der Waals surface area (Å²) in [6.45, 7) is 0. The first-order chi connectivity index (χ1) is 9.69. The van der Waals surface area contributed by atoms with Crippen molar-refractivity contribution >= 4 is 27.5 Å². The molecule has 0 aliphatic heterocycles. The minimum Gasteiger partial charge on any atom is -0.289 e. The number of hydrogen-bond acceptors (Lipinski definition) is 4. The van der Waals surface area contributed by atoms with Crippen molar-refractivity contribution in [1.82, 2.24) is 10.5 Å². The Labute approximate surface area is 120 Å². The van der Waals surface area contributed by atoms with Gasteiger partial charge in [-0.25, -0.2) is 14.9 Å². The number of benzene rings is 1. The fourth-order valence-corrected chi connectivity index (χ4v) is 3.02. The van der Waals surface area contributed by atoms with E-state index < -0.39 is 0 Å². The first kappa shape index (κ1) is 14.9. The zero-order chi connectivity index (χ0) is 14.4. The molecule has 0 saturated carbocycles. The van der Waals surface area contributed by atoms with Gasteiger partial charge in [0.25, 0.3) is 0 Å². The summed E-state index contributed by atoms with van der Waals surface area (Å²) in [5.41, 5.74) is 2.35. The predicted molar refractivity (Wildman–Crippen MR) is 76.3 cm³/mol. The summed E-state index contributed by atoms with van der Waals surface area (Å²) in [6, 6.07) is 4.68. The molecule has 0 atom stereocenters. The van der Waals surface area contributed by atoms with Crippen LogP contribution in [0, 0.1) is 5.82 Å². The zero-order valence-electron chi connectivity index (χ0n) is 11.1. The van der Waals surface area contributed by atoms with Gasteiger partial charge in [-0.2, -0.15) is 0 Å². The van der Waals surface area contributed by atoms with Crippen molar-refractivity contribution in [3.05, 3.63) is 29.0 Å². The summed E-state index contributed by atoms with van der Waals surface area (Å²) in [4.78, 5) is 15.2. The summed E-state index contributed by atoms with van der Waals surface area (Å²) < 4.78 is 14.1. The fourth-order valence-electron chi connectivity index (χ4n) is 2.03. The van der Waals surface area contributed by atoms with Crippen molar-refractivity contribution in [2.75, 3.05) is 0 Å². The van der Waals surface area contributed by atoms with E-state index in [1.807, 2.05) is 0 Å². The van der Waals surface area contributed by atoms with Crippen molar-refractivity contribution in [2.24, 2.45) is 0 Å².